The van der Waals surface area contributed by atoms with E-state index in [1.807, 2.05) is 27.0 Å². The summed E-state index contributed by atoms with van der Waals surface area (Å²) in [4.78, 5) is 16.2. The monoisotopic (exact) mass is 265 g/mol. The number of imidazole rings is 1. The van der Waals surface area contributed by atoms with Crippen molar-refractivity contribution in [3.05, 3.63) is 29.0 Å². The quantitative estimate of drug-likeness (QED) is 0.928. The molecule has 0 aliphatic carbocycles. The van der Waals surface area contributed by atoms with E-state index in [9.17, 15) is 4.79 Å². The average molecular weight is 266 g/mol. The van der Waals surface area contributed by atoms with Gasteiger partial charge >= 0.3 is 0 Å². The highest BCUT2D eigenvalue weighted by Gasteiger charge is 2.11. The molecule has 4 nitrogen and oxygen atoms in total. The highest BCUT2D eigenvalue weighted by Crippen LogP contribution is 2.19. The van der Waals surface area contributed by atoms with Crippen molar-refractivity contribution in [1.29, 1.82) is 0 Å². The molecule has 0 aliphatic rings. The molecule has 0 aliphatic heterocycles. The molecule has 0 saturated heterocycles. The summed E-state index contributed by atoms with van der Waals surface area (Å²) in [7, 11) is 1.84. The molecule has 0 spiro atoms. The minimum atomic E-state index is -0.0759. The molecule has 96 valence electrons. The van der Waals surface area contributed by atoms with Crippen molar-refractivity contribution < 1.29 is 4.79 Å². The summed E-state index contributed by atoms with van der Waals surface area (Å²) in [5.41, 5.74) is 2.26. The molecular formula is C13H16ClN3O. The molecule has 18 heavy (non-hydrogen) atoms. The highest BCUT2D eigenvalue weighted by molar-refractivity contribution is 6.29. The number of carbonyl (C=O) groups is 1. The van der Waals surface area contributed by atoms with Crippen LogP contribution in [0.5, 0.6) is 0 Å². The highest BCUT2D eigenvalue weighted by atomic mass is 35.5. The van der Waals surface area contributed by atoms with Gasteiger partial charge in [-0.25, -0.2) is 4.98 Å². The van der Waals surface area contributed by atoms with E-state index in [2.05, 4.69) is 10.3 Å². The number of fused-ring (bicyclic) bond motifs is 1. The molecule has 1 amide bonds. The van der Waals surface area contributed by atoms with Crippen LogP contribution in [0.2, 0.25) is 5.28 Å². The fourth-order valence-corrected chi connectivity index (χ4v) is 1.90. The first-order valence-electron chi connectivity index (χ1n) is 5.95. The van der Waals surface area contributed by atoms with Crippen molar-refractivity contribution >= 4 is 28.5 Å². The Bertz CT molecular complexity index is 591. The molecule has 2 aromatic rings. The summed E-state index contributed by atoms with van der Waals surface area (Å²) in [6.07, 6.45) is 0.906. The number of amides is 1. The molecule has 0 fully saturated rings. The van der Waals surface area contributed by atoms with Crippen LogP contribution in [0, 0.1) is 0 Å². The zero-order valence-electron chi connectivity index (χ0n) is 10.7. The molecule has 5 heteroatoms. The molecule has 1 aromatic carbocycles. The summed E-state index contributed by atoms with van der Waals surface area (Å²) < 4.78 is 1.78. The first-order valence-corrected chi connectivity index (χ1v) is 6.33. The molecule has 1 N–H and O–H groups in total. The predicted octanol–water partition coefficient (Wildman–Crippen LogP) is 2.76. The van der Waals surface area contributed by atoms with Crippen LogP contribution in [0.4, 0.5) is 0 Å². The Morgan fingerprint density at radius 1 is 1.56 bits per heavy atom. The normalized spacial score (nSPS) is 12.7. The number of carbonyl (C=O) groups excluding carboxylic acids is 1. The standard InChI is InChI=1S/C13H16ClN3O/c1-4-8(2)15-12(18)9-5-6-11-10(7-9)16-13(14)17(11)3/h5-8H,4H2,1-3H3,(H,15,18). The van der Waals surface area contributed by atoms with Gasteiger partial charge in [-0.1, -0.05) is 6.92 Å². The molecule has 1 atom stereocenters. The smallest absolute Gasteiger partial charge is 0.251 e. The number of nitrogens with zero attached hydrogens (tertiary/aromatic N) is 2. The first-order chi connectivity index (χ1) is 8.52. The third-order valence-corrected chi connectivity index (χ3v) is 3.42. The number of nitrogens with one attached hydrogen (secondary N) is 1. The maximum absolute atomic E-state index is 12.0. The van der Waals surface area contributed by atoms with Gasteiger partial charge in [-0.3, -0.25) is 4.79 Å². The van der Waals surface area contributed by atoms with Gasteiger partial charge in [0, 0.05) is 18.7 Å². The van der Waals surface area contributed by atoms with Crippen molar-refractivity contribution in [3.8, 4) is 0 Å². The number of benzene rings is 1. The van der Waals surface area contributed by atoms with Gasteiger partial charge in [0.2, 0.25) is 5.28 Å². The Morgan fingerprint density at radius 2 is 2.28 bits per heavy atom. The van der Waals surface area contributed by atoms with Crippen molar-refractivity contribution in [2.45, 2.75) is 26.3 Å². The first kappa shape index (κ1) is 12.9. The van der Waals surface area contributed by atoms with Crippen molar-refractivity contribution in [1.82, 2.24) is 14.9 Å². The van der Waals surface area contributed by atoms with Gasteiger partial charge in [-0.05, 0) is 43.1 Å². The topological polar surface area (TPSA) is 46.9 Å². The number of hydrogen-bond acceptors (Lipinski definition) is 2. The van der Waals surface area contributed by atoms with Crippen LogP contribution in [-0.2, 0) is 7.05 Å². The third kappa shape index (κ3) is 2.34. The molecule has 1 unspecified atom stereocenters. The van der Waals surface area contributed by atoms with E-state index in [0.29, 0.717) is 10.8 Å². The van der Waals surface area contributed by atoms with Crippen molar-refractivity contribution in [3.63, 3.8) is 0 Å². The molecule has 0 radical (unpaired) electrons. The van der Waals surface area contributed by atoms with Gasteiger partial charge in [0.1, 0.15) is 0 Å². The minimum absolute atomic E-state index is 0.0759. The Kier molecular flexibility index (Phi) is 3.57. The number of hydrogen-bond donors (Lipinski definition) is 1. The zero-order valence-corrected chi connectivity index (χ0v) is 11.5. The van der Waals surface area contributed by atoms with Gasteiger partial charge < -0.3 is 9.88 Å². The lowest BCUT2D eigenvalue weighted by Crippen LogP contribution is -2.31. The predicted molar refractivity (Wildman–Crippen MR) is 72.9 cm³/mol. The average Bonchev–Trinajstić information content (AvgIpc) is 2.64. The van der Waals surface area contributed by atoms with E-state index in [1.165, 1.54) is 0 Å². The van der Waals surface area contributed by atoms with Gasteiger partial charge in [0.05, 0.1) is 11.0 Å². The van der Waals surface area contributed by atoms with Crippen LogP contribution in [-0.4, -0.2) is 21.5 Å². The van der Waals surface area contributed by atoms with Crippen LogP contribution in [0.1, 0.15) is 30.6 Å². The number of aryl methyl sites for hydroxylation is 1. The Morgan fingerprint density at radius 3 is 2.94 bits per heavy atom. The Labute approximate surface area is 111 Å². The van der Waals surface area contributed by atoms with Gasteiger partial charge in [-0.2, -0.15) is 0 Å². The largest absolute Gasteiger partial charge is 0.350 e. The lowest BCUT2D eigenvalue weighted by atomic mass is 10.1. The molecule has 0 bridgehead atoms. The summed E-state index contributed by atoms with van der Waals surface area (Å²) >= 11 is 5.94. The number of aromatic nitrogens is 2. The minimum Gasteiger partial charge on any atom is -0.350 e. The van der Waals surface area contributed by atoms with E-state index >= 15 is 0 Å². The lowest BCUT2D eigenvalue weighted by molar-refractivity contribution is 0.0939. The lowest BCUT2D eigenvalue weighted by Gasteiger charge is -2.11. The van der Waals surface area contributed by atoms with Crippen molar-refractivity contribution in [2.24, 2.45) is 7.05 Å². The van der Waals surface area contributed by atoms with E-state index in [0.717, 1.165) is 17.5 Å². The summed E-state index contributed by atoms with van der Waals surface area (Å²) in [5.74, 6) is -0.0759. The molecule has 1 aromatic heterocycles. The molecule has 2 rings (SSSR count). The Hall–Kier alpha value is -1.55. The van der Waals surface area contributed by atoms with E-state index in [1.54, 1.807) is 16.7 Å². The second-order valence-electron chi connectivity index (χ2n) is 4.43. The maximum Gasteiger partial charge on any atom is 0.251 e. The van der Waals surface area contributed by atoms with Crippen LogP contribution in [0.15, 0.2) is 18.2 Å². The fraction of sp³-hybridized carbons (Fsp3) is 0.385. The Balaban J connectivity index is 2.33. The second kappa shape index (κ2) is 4.98. The van der Waals surface area contributed by atoms with Crippen molar-refractivity contribution in [2.75, 3.05) is 0 Å². The van der Waals surface area contributed by atoms with Gasteiger partial charge in [0.25, 0.3) is 5.91 Å². The van der Waals surface area contributed by atoms with E-state index in [-0.39, 0.29) is 11.9 Å². The van der Waals surface area contributed by atoms with Crippen LogP contribution in [0.3, 0.4) is 0 Å². The van der Waals surface area contributed by atoms with Crippen LogP contribution in [0.25, 0.3) is 11.0 Å². The molecule has 0 saturated carbocycles. The fourth-order valence-electron chi connectivity index (χ4n) is 1.72. The van der Waals surface area contributed by atoms with Gasteiger partial charge in [-0.15, -0.1) is 0 Å². The summed E-state index contributed by atoms with van der Waals surface area (Å²) in [5, 5.41) is 3.35. The molecule has 1 heterocycles. The van der Waals surface area contributed by atoms with Crippen LogP contribution < -0.4 is 5.32 Å². The van der Waals surface area contributed by atoms with E-state index in [4.69, 9.17) is 11.6 Å². The van der Waals surface area contributed by atoms with Crippen LogP contribution >= 0.6 is 11.6 Å². The number of rotatable bonds is 3. The second-order valence-corrected chi connectivity index (χ2v) is 4.76. The zero-order chi connectivity index (χ0) is 13.3. The third-order valence-electron chi connectivity index (χ3n) is 3.08. The number of halogens is 1. The maximum atomic E-state index is 12.0. The van der Waals surface area contributed by atoms with E-state index < -0.39 is 0 Å². The summed E-state index contributed by atoms with van der Waals surface area (Å²) in [6.45, 7) is 4.01. The summed E-state index contributed by atoms with van der Waals surface area (Å²) in [6, 6.07) is 5.58. The molecular weight excluding hydrogens is 250 g/mol. The SMILES string of the molecule is CCC(C)NC(=O)c1ccc2c(c1)nc(Cl)n2C. The van der Waals surface area contributed by atoms with Gasteiger partial charge in [0.15, 0.2) is 0 Å².